The van der Waals surface area contributed by atoms with E-state index in [-0.39, 0.29) is 17.5 Å². The summed E-state index contributed by atoms with van der Waals surface area (Å²) in [5, 5.41) is 0. The number of nitrogens with zero attached hydrogens (tertiary/aromatic N) is 1. The highest BCUT2D eigenvalue weighted by molar-refractivity contribution is 5.83. The predicted octanol–water partition coefficient (Wildman–Crippen LogP) is 2.39. The topological polar surface area (TPSA) is 45.8 Å². The summed E-state index contributed by atoms with van der Waals surface area (Å²) in [6.07, 6.45) is 0. The number of halogens is 1. The highest BCUT2D eigenvalue weighted by atomic mass is 19.1. The van der Waals surface area contributed by atoms with Gasteiger partial charge in [0.2, 0.25) is 0 Å². The molecule has 1 heterocycles. The minimum atomic E-state index is -0.312. The van der Waals surface area contributed by atoms with E-state index in [1.54, 1.807) is 13.0 Å². The van der Waals surface area contributed by atoms with Gasteiger partial charge in [0.05, 0.1) is 17.0 Å². The quantitative estimate of drug-likeness (QED) is 0.820. The van der Waals surface area contributed by atoms with E-state index in [0.29, 0.717) is 16.9 Å². The van der Waals surface area contributed by atoms with E-state index in [0.717, 1.165) is 0 Å². The molecule has 0 bridgehead atoms. The number of aromatic nitrogens is 2. The van der Waals surface area contributed by atoms with Crippen LogP contribution in [-0.4, -0.2) is 15.8 Å². The number of rotatable bonds is 2. The minimum Gasteiger partial charge on any atom is -0.341 e. The molecule has 0 radical (unpaired) electrons. The molecule has 15 heavy (non-hydrogen) atoms. The lowest BCUT2D eigenvalue weighted by Gasteiger charge is -2.01. The first-order valence-electron chi connectivity index (χ1n) is 4.73. The second kappa shape index (κ2) is 3.46. The average Bonchev–Trinajstić information content (AvgIpc) is 2.58. The molecule has 4 heteroatoms. The molecule has 0 fully saturated rings. The summed E-state index contributed by atoms with van der Waals surface area (Å²) in [7, 11) is 0. The Morgan fingerprint density at radius 2 is 2.27 bits per heavy atom. The van der Waals surface area contributed by atoms with Gasteiger partial charge in [-0.05, 0) is 32.0 Å². The number of hydrogen-bond donors (Lipinski definition) is 1. The second-order valence-corrected chi connectivity index (χ2v) is 3.62. The minimum absolute atomic E-state index is 0.0366. The zero-order valence-electron chi connectivity index (χ0n) is 8.54. The Morgan fingerprint density at radius 3 is 2.93 bits per heavy atom. The summed E-state index contributed by atoms with van der Waals surface area (Å²) >= 11 is 0. The number of nitrogens with one attached hydrogen (secondary N) is 1. The highest BCUT2D eigenvalue weighted by Gasteiger charge is 2.14. The Kier molecular flexibility index (Phi) is 2.26. The number of imidazole rings is 1. The maximum Gasteiger partial charge on any atom is 0.140 e. The molecular weight excluding hydrogens is 195 g/mol. The predicted molar refractivity (Wildman–Crippen MR) is 55.1 cm³/mol. The Labute approximate surface area is 86.3 Å². The van der Waals surface area contributed by atoms with Gasteiger partial charge in [-0.25, -0.2) is 9.37 Å². The smallest absolute Gasteiger partial charge is 0.140 e. The van der Waals surface area contributed by atoms with Crippen LogP contribution in [0.5, 0.6) is 0 Å². The van der Waals surface area contributed by atoms with Gasteiger partial charge in [-0.15, -0.1) is 0 Å². The van der Waals surface area contributed by atoms with Crippen molar-refractivity contribution in [1.29, 1.82) is 0 Å². The molecule has 1 aromatic carbocycles. The fourth-order valence-electron chi connectivity index (χ4n) is 1.40. The number of carbonyl (C=O) groups is 1. The van der Waals surface area contributed by atoms with Crippen molar-refractivity contribution in [2.24, 2.45) is 0 Å². The molecule has 0 saturated carbocycles. The van der Waals surface area contributed by atoms with E-state index < -0.39 is 0 Å². The number of aromatic amines is 1. The number of benzene rings is 1. The first-order chi connectivity index (χ1) is 7.08. The molecule has 0 aliphatic carbocycles. The van der Waals surface area contributed by atoms with Gasteiger partial charge >= 0.3 is 0 Å². The van der Waals surface area contributed by atoms with Crippen molar-refractivity contribution in [3.8, 4) is 0 Å². The molecule has 1 atom stereocenters. The Hall–Kier alpha value is -1.71. The van der Waals surface area contributed by atoms with Crippen molar-refractivity contribution < 1.29 is 9.18 Å². The van der Waals surface area contributed by atoms with Crippen LogP contribution in [0.2, 0.25) is 0 Å². The van der Waals surface area contributed by atoms with Gasteiger partial charge in [-0.1, -0.05) is 0 Å². The summed E-state index contributed by atoms with van der Waals surface area (Å²) < 4.78 is 12.9. The van der Waals surface area contributed by atoms with Crippen molar-refractivity contribution in [1.82, 2.24) is 9.97 Å². The zero-order chi connectivity index (χ0) is 11.0. The second-order valence-electron chi connectivity index (χ2n) is 3.62. The average molecular weight is 206 g/mol. The lowest BCUT2D eigenvalue weighted by Crippen LogP contribution is -2.05. The fourth-order valence-corrected chi connectivity index (χ4v) is 1.40. The van der Waals surface area contributed by atoms with Crippen LogP contribution < -0.4 is 0 Å². The molecular formula is C11H11FN2O. The normalized spacial score (nSPS) is 13.0. The SMILES string of the molecule is CC(=O)C(C)c1nc2ccc(F)cc2[nH]1. The van der Waals surface area contributed by atoms with Crippen LogP contribution in [0.1, 0.15) is 25.6 Å². The maximum atomic E-state index is 12.9. The van der Waals surface area contributed by atoms with Gasteiger partial charge in [0, 0.05) is 0 Å². The largest absolute Gasteiger partial charge is 0.341 e. The number of carbonyl (C=O) groups excluding carboxylic acids is 1. The van der Waals surface area contributed by atoms with Gasteiger partial charge in [0.1, 0.15) is 17.4 Å². The van der Waals surface area contributed by atoms with Crippen molar-refractivity contribution in [2.45, 2.75) is 19.8 Å². The van der Waals surface area contributed by atoms with Crippen molar-refractivity contribution >= 4 is 16.8 Å². The summed E-state index contributed by atoms with van der Waals surface area (Å²) in [5.41, 5.74) is 1.30. The fraction of sp³-hybridized carbons (Fsp3) is 0.273. The molecule has 3 nitrogen and oxygen atoms in total. The highest BCUT2D eigenvalue weighted by Crippen LogP contribution is 2.18. The van der Waals surface area contributed by atoms with Gasteiger partial charge < -0.3 is 4.98 Å². The number of H-pyrrole nitrogens is 1. The summed E-state index contributed by atoms with van der Waals surface area (Å²) in [6.45, 7) is 3.29. The number of ketones is 1. The number of hydrogen-bond acceptors (Lipinski definition) is 2. The molecule has 0 aliphatic rings. The third-order valence-corrected chi connectivity index (χ3v) is 2.48. The van der Waals surface area contributed by atoms with E-state index in [1.807, 2.05) is 0 Å². The van der Waals surface area contributed by atoms with Gasteiger partial charge in [0.25, 0.3) is 0 Å². The molecule has 0 amide bonds. The molecule has 2 aromatic rings. The van der Waals surface area contributed by atoms with Gasteiger partial charge in [-0.2, -0.15) is 0 Å². The van der Waals surface area contributed by atoms with Crippen molar-refractivity contribution in [3.63, 3.8) is 0 Å². The summed E-state index contributed by atoms with van der Waals surface area (Å²) in [4.78, 5) is 18.3. The van der Waals surface area contributed by atoms with Crippen LogP contribution in [0.25, 0.3) is 11.0 Å². The lowest BCUT2D eigenvalue weighted by atomic mass is 10.1. The van der Waals surface area contributed by atoms with Crippen molar-refractivity contribution in [2.75, 3.05) is 0 Å². The first-order valence-corrected chi connectivity index (χ1v) is 4.73. The summed E-state index contributed by atoms with van der Waals surface area (Å²) in [5.74, 6) is 0.0336. The van der Waals surface area contributed by atoms with Crippen LogP contribution in [0.15, 0.2) is 18.2 Å². The Morgan fingerprint density at radius 1 is 1.53 bits per heavy atom. The van der Waals surface area contributed by atoms with E-state index in [2.05, 4.69) is 9.97 Å². The first kappa shape index (κ1) is 9.83. The van der Waals surface area contributed by atoms with E-state index in [4.69, 9.17) is 0 Å². The van der Waals surface area contributed by atoms with E-state index in [9.17, 15) is 9.18 Å². The molecule has 0 aliphatic heterocycles. The number of Topliss-reactive ketones (excluding diaryl/α,β-unsaturated/α-hetero) is 1. The molecule has 78 valence electrons. The standard InChI is InChI=1S/C11H11FN2O/c1-6(7(2)15)11-13-9-4-3-8(12)5-10(9)14-11/h3-6H,1-2H3,(H,13,14). The van der Waals surface area contributed by atoms with E-state index >= 15 is 0 Å². The Bertz CT molecular complexity index is 518. The van der Waals surface area contributed by atoms with Crippen LogP contribution >= 0.6 is 0 Å². The van der Waals surface area contributed by atoms with Crippen LogP contribution in [0.4, 0.5) is 4.39 Å². The van der Waals surface area contributed by atoms with Crippen LogP contribution in [0, 0.1) is 5.82 Å². The van der Waals surface area contributed by atoms with Crippen LogP contribution in [0.3, 0.4) is 0 Å². The van der Waals surface area contributed by atoms with Crippen molar-refractivity contribution in [3.05, 3.63) is 29.8 Å². The molecule has 1 aromatic heterocycles. The zero-order valence-corrected chi connectivity index (χ0v) is 8.54. The molecule has 0 spiro atoms. The molecule has 0 saturated heterocycles. The van der Waals surface area contributed by atoms with Crippen LogP contribution in [-0.2, 0) is 4.79 Å². The summed E-state index contributed by atoms with van der Waals surface area (Å²) in [6, 6.07) is 4.32. The lowest BCUT2D eigenvalue weighted by molar-refractivity contribution is -0.118. The molecule has 1 unspecified atom stereocenters. The maximum absolute atomic E-state index is 12.9. The van der Waals surface area contributed by atoms with Gasteiger partial charge in [-0.3, -0.25) is 4.79 Å². The molecule has 1 N–H and O–H groups in total. The third kappa shape index (κ3) is 1.75. The van der Waals surface area contributed by atoms with Gasteiger partial charge in [0.15, 0.2) is 0 Å². The van der Waals surface area contributed by atoms with E-state index in [1.165, 1.54) is 19.1 Å². The third-order valence-electron chi connectivity index (χ3n) is 2.48. The monoisotopic (exact) mass is 206 g/mol. The Balaban J connectivity index is 2.51. The molecule has 2 rings (SSSR count). The number of fused-ring (bicyclic) bond motifs is 1.